The van der Waals surface area contributed by atoms with Crippen LogP contribution in [0.2, 0.25) is 0 Å². The number of hydrogen-bond acceptors (Lipinski definition) is 9. The number of imidazole rings is 1. The molecule has 4 aromatic rings. The molecule has 0 aliphatic heterocycles. The van der Waals surface area contributed by atoms with E-state index < -0.39 is 32.6 Å². The molecule has 1 N–H and O–H groups in total. The SMILES string of the molecule is COc1ccc2c(c1)nc([S+]([O-])Cc1ncc(C)c(OC)c1C)n2S(=O)(=O)c1ccc(OCC(C)(C)C(=O)O)cc1.[LiH]. The van der Waals surface area contributed by atoms with Crippen LogP contribution in [0.3, 0.4) is 0 Å². The van der Waals surface area contributed by atoms with Crippen molar-refractivity contribution in [3.05, 3.63) is 65.5 Å². The summed E-state index contributed by atoms with van der Waals surface area (Å²) in [5, 5.41) is 9.13. The van der Waals surface area contributed by atoms with E-state index in [9.17, 15) is 22.9 Å². The molecule has 2 heterocycles. The van der Waals surface area contributed by atoms with Crippen molar-refractivity contribution in [3.63, 3.8) is 0 Å². The molecule has 0 saturated heterocycles. The van der Waals surface area contributed by atoms with Crippen LogP contribution in [0.1, 0.15) is 30.7 Å². The zero-order valence-corrected chi connectivity index (χ0v) is 25.1. The number of carbonyl (C=O) groups is 1. The zero-order valence-electron chi connectivity index (χ0n) is 23.5. The van der Waals surface area contributed by atoms with Gasteiger partial charge < -0.3 is 23.9 Å². The van der Waals surface area contributed by atoms with Gasteiger partial charge in [0.15, 0.2) is 5.75 Å². The summed E-state index contributed by atoms with van der Waals surface area (Å²) in [6.45, 7) is 6.60. The van der Waals surface area contributed by atoms with Crippen LogP contribution < -0.4 is 14.2 Å². The average Bonchev–Trinajstić information content (AvgIpc) is 3.34. The summed E-state index contributed by atoms with van der Waals surface area (Å²) < 4.78 is 59.0. The van der Waals surface area contributed by atoms with E-state index in [1.165, 1.54) is 45.2 Å². The summed E-state index contributed by atoms with van der Waals surface area (Å²) in [7, 11) is -1.27. The molecule has 0 bridgehead atoms. The molecular formula is C28H32LiN3O8S2. The van der Waals surface area contributed by atoms with Gasteiger partial charge in [-0.25, -0.2) is 8.42 Å². The van der Waals surface area contributed by atoms with Gasteiger partial charge >= 0.3 is 30.0 Å². The maximum absolute atomic E-state index is 14.0. The maximum atomic E-state index is 14.0. The molecule has 0 amide bonds. The van der Waals surface area contributed by atoms with E-state index in [0.29, 0.717) is 34.0 Å². The van der Waals surface area contributed by atoms with E-state index in [-0.39, 0.29) is 46.8 Å². The molecule has 1 unspecified atom stereocenters. The number of rotatable bonds is 11. The fourth-order valence-electron chi connectivity index (χ4n) is 4.06. The Morgan fingerprint density at radius 2 is 1.71 bits per heavy atom. The molecular weight excluding hydrogens is 577 g/mol. The molecule has 1 atom stereocenters. The number of hydrogen-bond donors (Lipinski definition) is 1. The van der Waals surface area contributed by atoms with Gasteiger partial charge in [0.05, 0.1) is 41.3 Å². The van der Waals surface area contributed by atoms with E-state index in [1.54, 1.807) is 38.4 Å². The Balaban J connectivity index is 0.00000484. The predicted molar refractivity (Wildman–Crippen MR) is 160 cm³/mol. The van der Waals surface area contributed by atoms with Crippen LogP contribution in [0.4, 0.5) is 0 Å². The molecule has 0 aliphatic rings. The first kappa shape index (κ1) is 33.3. The minimum atomic E-state index is -4.29. The van der Waals surface area contributed by atoms with E-state index >= 15 is 0 Å². The van der Waals surface area contributed by atoms with Crippen LogP contribution in [0, 0.1) is 19.3 Å². The van der Waals surface area contributed by atoms with Crippen LogP contribution in [-0.4, -0.2) is 77.7 Å². The third kappa shape index (κ3) is 6.55. The summed E-state index contributed by atoms with van der Waals surface area (Å²) in [4.78, 5) is 20.1. The zero-order chi connectivity index (χ0) is 30.1. The topological polar surface area (TPSA) is 153 Å². The molecule has 0 saturated carbocycles. The number of nitrogens with zero attached hydrogens (tertiary/aromatic N) is 3. The number of aromatic nitrogens is 3. The Labute approximate surface area is 259 Å². The summed E-state index contributed by atoms with van der Waals surface area (Å²) in [5.74, 6) is 0.271. The molecule has 0 aliphatic carbocycles. The second-order valence-corrected chi connectivity index (χ2v) is 13.1. The Morgan fingerprint density at radius 3 is 2.31 bits per heavy atom. The van der Waals surface area contributed by atoms with E-state index in [2.05, 4.69) is 9.97 Å². The Kier molecular flexibility index (Phi) is 10.3. The predicted octanol–water partition coefficient (Wildman–Crippen LogP) is 3.45. The average molecular weight is 610 g/mol. The number of aliphatic carboxylic acids is 1. The minimum absolute atomic E-state index is 0. The van der Waals surface area contributed by atoms with Gasteiger partial charge in [-0.3, -0.25) is 9.78 Å². The van der Waals surface area contributed by atoms with Gasteiger partial charge in [-0.2, -0.15) is 8.96 Å². The van der Waals surface area contributed by atoms with Gasteiger partial charge in [-0.1, -0.05) is 0 Å². The van der Waals surface area contributed by atoms with Gasteiger partial charge in [-0.15, -0.1) is 0 Å². The second-order valence-electron chi connectivity index (χ2n) is 10.0. The molecule has 4 rings (SSSR count). The molecule has 42 heavy (non-hydrogen) atoms. The molecule has 14 heteroatoms. The number of carboxylic acid groups (broad SMARTS) is 1. The van der Waals surface area contributed by atoms with Crippen molar-refractivity contribution in [3.8, 4) is 17.2 Å². The van der Waals surface area contributed by atoms with Gasteiger partial charge in [0.25, 0.3) is 10.0 Å². The first-order valence-corrected chi connectivity index (χ1v) is 15.2. The summed E-state index contributed by atoms with van der Waals surface area (Å²) >= 11 is -1.92. The fourth-order valence-corrected chi connectivity index (χ4v) is 7.11. The van der Waals surface area contributed by atoms with Gasteiger partial charge in [0.1, 0.15) is 23.9 Å². The number of benzene rings is 2. The van der Waals surface area contributed by atoms with Crippen LogP contribution in [0.15, 0.2) is 58.7 Å². The standard InChI is InChI=1S/C28H31N3O8S2.Li.H/c1-17-14-29-23(18(2)25(17)38-6)15-40(34)27-30-22-13-20(37-5)9-12-24(22)31(27)41(35,36)21-10-7-19(8-11-21)39-16-28(3,4)26(32)33;;/h7-14H,15-16H2,1-6H3,(H,32,33);;. The number of aryl methyl sites for hydroxylation is 1. The summed E-state index contributed by atoms with van der Waals surface area (Å²) in [6.07, 6.45) is 1.62. The van der Waals surface area contributed by atoms with Crippen molar-refractivity contribution in [2.45, 2.75) is 43.5 Å². The number of fused-ring (bicyclic) bond motifs is 1. The first-order valence-electron chi connectivity index (χ1n) is 12.5. The Hall–Kier alpha value is -3.21. The van der Waals surface area contributed by atoms with E-state index in [0.717, 1.165) is 9.54 Å². The molecule has 2 aromatic heterocycles. The van der Waals surface area contributed by atoms with Crippen molar-refractivity contribution in [2.24, 2.45) is 5.41 Å². The Morgan fingerprint density at radius 1 is 1.07 bits per heavy atom. The first-order chi connectivity index (χ1) is 19.3. The molecule has 0 radical (unpaired) electrons. The van der Waals surface area contributed by atoms with Gasteiger partial charge in [0, 0.05) is 34.6 Å². The van der Waals surface area contributed by atoms with Crippen LogP contribution in [0.5, 0.6) is 17.2 Å². The van der Waals surface area contributed by atoms with Gasteiger partial charge in [-0.05, 0) is 64.1 Å². The van der Waals surface area contributed by atoms with Crippen molar-refractivity contribution in [2.75, 3.05) is 20.8 Å². The van der Waals surface area contributed by atoms with Crippen molar-refractivity contribution in [1.82, 2.24) is 13.9 Å². The molecule has 0 spiro atoms. The molecule has 220 valence electrons. The van der Waals surface area contributed by atoms with Crippen LogP contribution in [0.25, 0.3) is 11.0 Å². The molecule has 2 aromatic carbocycles. The fraction of sp³-hybridized carbons (Fsp3) is 0.321. The van der Waals surface area contributed by atoms with Crippen molar-refractivity contribution < 1.29 is 37.1 Å². The molecule has 11 nitrogen and oxygen atoms in total. The summed E-state index contributed by atoms with van der Waals surface area (Å²) in [6, 6.07) is 10.3. The summed E-state index contributed by atoms with van der Waals surface area (Å²) in [5.41, 5.74) is 1.40. The molecule has 0 fully saturated rings. The third-order valence-electron chi connectivity index (χ3n) is 6.55. The quantitative estimate of drug-likeness (QED) is 0.198. The van der Waals surface area contributed by atoms with Gasteiger partial charge in [0.2, 0.25) is 0 Å². The van der Waals surface area contributed by atoms with E-state index in [4.69, 9.17) is 14.2 Å². The number of ether oxygens (including phenoxy) is 3. The second kappa shape index (κ2) is 13.0. The van der Waals surface area contributed by atoms with Crippen LogP contribution in [-0.2, 0) is 31.7 Å². The normalized spacial score (nSPS) is 12.5. The van der Waals surface area contributed by atoms with Crippen molar-refractivity contribution >= 4 is 57.1 Å². The van der Waals surface area contributed by atoms with Crippen LogP contribution >= 0.6 is 0 Å². The number of methoxy groups -OCH3 is 2. The third-order valence-corrected chi connectivity index (χ3v) is 9.60. The number of carboxylic acids is 1. The van der Waals surface area contributed by atoms with Crippen molar-refractivity contribution in [1.29, 1.82) is 0 Å². The monoisotopic (exact) mass is 609 g/mol. The van der Waals surface area contributed by atoms with E-state index in [1.807, 2.05) is 6.92 Å². The Bertz CT molecular complexity index is 1710. The number of pyridine rings is 1.